The average Bonchev–Trinajstić information content (AvgIpc) is 2.28. The summed E-state index contributed by atoms with van der Waals surface area (Å²) in [6.07, 6.45) is 4.13. The van der Waals surface area contributed by atoms with Crippen LogP contribution in [-0.2, 0) is 9.53 Å². The zero-order chi connectivity index (χ0) is 12.5. The Kier molecular flexibility index (Phi) is 7.16. The van der Waals surface area contributed by atoms with Crippen molar-refractivity contribution in [3.8, 4) is 0 Å². The molecule has 1 aliphatic heterocycles. The quantitative estimate of drug-likeness (QED) is 0.616. The second-order valence-corrected chi connectivity index (χ2v) is 4.53. The standard InChI is InChI=1S/C12H23NO4/c14-7-4-2-1-3-5-13-6-8-17-11(10-13)9-12(15)16/h11,14H,1-10H2,(H,15,16). The highest BCUT2D eigenvalue weighted by molar-refractivity contribution is 5.67. The van der Waals surface area contributed by atoms with Crippen molar-refractivity contribution in [2.75, 3.05) is 32.8 Å². The van der Waals surface area contributed by atoms with E-state index in [2.05, 4.69) is 4.90 Å². The van der Waals surface area contributed by atoms with E-state index in [1.165, 1.54) is 0 Å². The molecule has 1 unspecified atom stereocenters. The number of ether oxygens (including phenoxy) is 1. The molecule has 0 aromatic carbocycles. The maximum Gasteiger partial charge on any atom is 0.306 e. The molecule has 0 saturated carbocycles. The Morgan fingerprint density at radius 3 is 2.76 bits per heavy atom. The Hall–Kier alpha value is -0.650. The number of hydrogen-bond donors (Lipinski definition) is 2. The SMILES string of the molecule is O=C(O)CC1CN(CCCCCCO)CCO1. The van der Waals surface area contributed by atoms with Crippen molar-refractivity contribution < 1.29 is 19.7 Å². The second-order valence-electron chi connectivity index (χ2n) is 4.53. The minimum atomic E-state index is -0.792. The summed E-state index contributed by atoms with van der Waals surface area (Å²) in [5.74, 6) is -0.792. The molecule has 17 heavy (non-hydrogen) atoms. The summed E-state index contributed by atoms with van der Waals surface area (Å²) in [5, 5.41) is 17.4. The first-order chi connectivity index (χ1) is 8.22. The van der Waals surface area contributed by atoms with Crippen LogP contribution in [0.4, 0.5) is 0 Å². The molecule has 1 atom stereocenters. The van der Waals surface area contributed by atoms with Crippen LogP contribution in [0.1, 0.15) is 32.1 Å². The smallest absolute Gasteiger partial charge is 0.306 e. The van der Waals surface area contributed by atoms with E-state index in [1.54, 1.807) is 0 Å². The van der Waals surface area contributed by atoms with Crippen LogP contribution in [0.25, 0.3) is 0 Å². The van der Waals surface area contributed by atoms with Gasteiger partial charge in [0.2, 0.25) is 0 Å². The van der Waals surface area contributed by atoms with Gasteiger partial charge >= 0.3 is 5.97 Å². The molecule has 0 amide bonds. The van der Waals surface area contributed by atoms with Crippen LogP contribution >= 0.6 is 0 Å². The number of carbonyl (C=O) groups is 1. The fraction of sp³-hybridized carbons (Fsp3) is 0.917. The fourth-order valence-electron chi connectivity index (χ4n) is 2.10. The van der Waals surface area contributed by atoms with Crippen molar-refractivity contribution in [2.45, 2.75) is 38.2 Å². The summed E-state index contributed by atoms with van der Waals surface area (Å²) < 4.78 is 5.41. The van der Waals surface area contributed by atoms with Crippen LogP contribution in [0.3, 0.4) is 0 Å². The number of rotatable bonds is 8. The van der Waals surface area contributed by atoms with Gasteiger partial charge in [0.05, 0.1) is 19.1 Å². The molecule has 100 valence electrons. The lowest BCUT2D eigenvalue weighted by Gasteiger charge is -2.32. The van der Waals surface area contributed by atoms with Crippen molar-refractivity contribution in [3.63, 3.8) is 0 Å². The summed E-state index contributed by atoms with van der Waals surface area (Å²) >= 11 is 0. The Bertz CT molecular complexity index is 223. The first-order valence-electron chi connectivity index (χ1n) is 6.39. The number of carboxylic acid groups (broad SMARTS) is 1. The Morgan fingerprint density at radius 1 is 1.29 bits per heavy atom. The number of morpholine rings is 1. The number of nitrogens with zero attached hydrogens (tertiary/aromatic N) is 1. The van der Waals surface area contributed by atoms with Gasteiger partial charge in [0.15, 0.2) is 0 Å². The molecular weight excluding hydrogens is 222 g/mol. The van der Waals surface area contributed by atoms with Crippen LogP contribution in [0.5, 0.6) is 0 Å². The first-order valence-corrected chi connectivity index (χ1v) is 6.39. The van der Waals surface area contributed by atoms with Gasteiger partial charge in [-0.2, -0.15) is 0 Å². The van der Waals surface area contributed by atoms with Gasteiger partial charge in [-0.3, -0.25) is 9.69 Å². The Morgan fingerprint density at radius 2 is 2.06 bits per heavy atom. The molecule has 0 aliphatic carbocycles. The monoisotopic (exact) mass is 245 g/mol. The van der Waals surface area contributed by atoms with Crippen LogP contribution < -0.4 is 0 Å². The van der Waals surface area contributed by atoms with Crippen molar-refractivity contribution >= 4 is 5.97 Å². The molecule has 1 saturated heterocycles. The molecule has 0 aromatic rings. The molecule has 0 radical (unpaired) electrons. The number of unbranched alkanes of at least 4 members (excludes halogenated alkanes) is 3. The van der Waals surface area contributed by atoms with Gasteiger partial charge in [0.25, 0.3) is 0 Å². The molecule has 5 nitrogen and oxygen atoms in total. The highest BCUT2D eigenvalue weighted by Gasteiger charge is 2.21. The van der Waals surface area contributed by atoms with Gasteiger partial charge in [-0.05, 0) is 19.4 Å². The predicted octanol–water partition coefficient (Wildman–Crippen LogP) is 0.715. The summed E-state index contributed by atoms with van der Waals surface area (Å²) in [7, 11) is 0. The van der Waals surface area contributed by atoms with E-state index in [0.29, 0.717) is 6.61 Å². The van der Waals surface area contributed by atoms with E-state index in [9.17, 15) is 4.79 Å². The van der Waals surface area contributed by atoms with Gasteiger partial charge in [-0.25, -0.2) is 0 Å². The summed E-state index contributed by atoms with van der Waals surface area (Å²) in [6.45, 7) is 3.54. The number of aliphatic carboxylic acids is 1. The van der Waals surface area contributed by atoms with Crippen molar-refractivity contribution in [1.82, 2.24) is 4.90 Å². The van der Waals surface area contributed by atoms with Crippen LogP contribution in [0, 0.1) is 0 Å². The van der Waals surface area contributed by atoms with Crippen molar-refractivity contribution in [1.29, 1.82) is 0 Å². The topological polar surface area (TPSA) is 70.0 Å². The number of aliphatic hydroxyl groups excluding tert-OH is 1. The lowest BCUT2D eigenvalue weighted by Crippen LogP contribution is -2.43. The van der Waals surface area contributed by atoms with Gasteiger partial charge in [-0.1, -0.05) is 12.8 Å². The Balaban J connectivity index is 2.09. The third-order valence-electron chi connectivity index (χ3n) is 3.01. The molecular formula is C12H23NO4. The van der Waals surface area contributed by atoms with Gasteiger partial charge < -0.3 is 14.9 Å². The minimum absolute atomic E-state index is 0.0982. The number of carboxylic acids is 1. The van der Waals surface area contributed by atoms with E-state index >= 15 is 0 Å². The summed E-state index contributed by atoms with van der Waals surface area (Å²) in [5.41, 5.74) is 0. The fourth-order valence-corrected chi connectivity index (χ4v) is 2.10. The zero-order valence-electron chi connectivity index (χ0n) is 10.3. The normalized spacial score (nSPS) is 21.6. The van der Waals surface area contributed by atoms with Crippen LogP contribution in [0.15, 0.2) is 0 Å². The lowest BCUT2D eigenvalue weighted by molar-refractivity contribution is -0.142. The molecule has 1 rings (SSSR count). The van der Waals surface area contributed by atoms with Crippen molar-refractivity contribution in [2.24, 2.45) is 0 Å². The van der Waals surface area contributed by atoms with Gasteiger partial charge in [-0.15, -0.1) is 0 Å². The van der Waals surface area contributed by atoms with Crippen molar-refractivity contribution in [3.05, 3.63) is 0 Å². The molecule has 0 bridgehead atoms. The average molecular weight is 245 g/mol. The minimum Gasteiger partial charge on any atom is -0.481 e. The van der Waals surface area contributed by atoms with E-state index in [0.717, 1.165) is 45.3 Å². The molecule has 2 N–H and O–H groups in total. The third kappa shape index (κ3) is 6.61. The van der Waals surface area contributed by atoms with Gasteiger partial charge in [0.1, 0.15) is 0 Å². The Labute approximate surface area is 102 Å². The number of aliphatic hydroxyl groups is 1. The zero-order valence-corrected chi connectivity index (χ0v) is 10.3. The van der Waals surface area contributed by atoms with Crippen LogP contribution in [-0.4, -0.2) is 60.0 Å². The van der Waals surface area contributed by atoms with Crippen LogP contribution in [0.2, 0.25) is 0 Å². The second kappa shape index (κ2) is 8.44. The molecule has 1 fully saturated rings. The van der Waals surface area contributed by atoms with E-state index in [-0.39, 0.29) is 19.1 Å². The van der Waals surface area contributed by atoms with Gasteiger partial charge in [0, 0.05) is 19.7 Å². The summed E-state index contributed by atoms with van der Waals surface area (Å²) in [6, 6.07) is 0. The van der Waals surface area contributed by atoms with E-state index in [4.69, 9.17) is 14.9 Å². The molecule has 1 heterocycles. The lowest BCUT2D eigenvalue weighted by atomic mass is 10.1. The molecule has 5 heteroatoms. The number of hydrogen-bond acceptors (Lipinski definition) is 4. The maximum absolute atomic E-state index is 10.6. The third-order valence-corrected chi connectivity index (χ3v) is 3.01. The first kappa shape index (κ1) is 14.4. The largest absolute Gasteiger partial charge is 0.481 e. The maximum atomic E-state index is 10.6. The molecule has 0 aromatic heterocycles. The molecule has 1 aliphatic rings. The predicted molar refractivity (Wildman–Crippen MR) is 64.0 cm³/mol. The van der Waals surface area contributed by atoms with E-state index in [1.807, 2.05) is 0 Å². The molecule has 0 spiro atoms. The van der Waals surface area contributed by atoms with E-state index < -0.39 is 5.97 Å². The highest BCUT2D eigenvalue weighted by atomic mass is 16.5. The highest BCUT2D eigenvalue weighted by Crippen LogP contribution is 2.10. The summed E-state index contributed by atoms with van der Waals surface area (Å²) in [4.78, 5) is 12.9.